The van der Waals surface area contributed by atoms with Crippen molar-refractivity contribution in [3.05, 3.63) is 64.7 Å². The molecule has 0 aliphatic heterocycles. The highest BCUT2D eigenvalue weighted by Gasteiger charge is 2.19. The zero-order valence-corrected chi connectivity index (χ0v) is 13.2. The van der Waals surface area contributed by atoms with Crippen LogP contribution in [0.5, 0.6) is 0 Å². The van der Waals surface area contributed by atoms with Gasteiger partial charge >= 0.3 is 0 Å². The minimum absolute atomic E-state index is 0.236. The van der Waals surface area contributed by atoms with Crippen molar-refractivity contribution >= 4 is 21.6 Å². The molecule has 0 unspecified atom stereocenters. The van der Waals surface area contributed by atoms with Crippen LogP contribution < -0.4 is 10.5 Å². The summed E-state index contributed by atoms with van der Waals surface area (Å²) in [5, 5.41) is 0.581. The second-order valence-electron chi connectivity index (χ2n) is 4.70. The largest absolute Gasteiger partial charge is 0.326 e. The van der Waals surface area contributed by atoms with Gasteiger partial charge in [-0.15, -0.1) is 0 Å². The molecule has 2 aromatic rings. The minimum Gasteiger partial charge on any atom is -0.326 e. The standard InChI is InChI=1S/C15H17ClN2O2S/c1-11(15-8-7-13(16)9-12(15)10-17)18-21(19,20)14-5-3-2-4-6-14/h2-9,11,18H,10,17H2,1H3/t11-/m0/s1. The van der Waals surface area contributed by atoms with Gasteiger partial charge in [0, 0.05) is 17.6 Å². The van der Waals surface area contributed by atoms with Crippen LogP contribution in [0.1, 0.15) is 24.1 Å². The molecule has 0 aromatic heterocycles. The molecule has 6 heteroatoms. The second kappa shape index (κ2) is 6.58. The molecule has 21 heavy (non-hydrogen) atoms. The first-order valence-electron chi connectivity index (χ1n) is 6.50. The summed E-state index contributed by atoms with van der Waals surface area (Å²) in [7, 11) is -3.57. The lowest BCUT2D eigenvalue weighted by Crippen LogP contribution is -2.27. The van der Waals surface area contributed by atoms with Crippen LogP contribution in [-0.2, 0) is 16.6 Å². The van der Waals surface area contributed by atoms with Crippen LogP contribution in [0, 0.1) is 0 Å². The van der Waals surface area contributed by atoms with E-state index in [1.165, 1.54) is 0 Å². The molecule has 0 heterocycles. The molecule has 0 aliphatic rings. The van der Waals surface area contributed by atoms with Crippen LogP contribution in [-0.4, -0.2) is 8.42 Å². The predicted octanol–water partition coefficient (Wildman–Crippen LogP) is 2.84. The van der Waals surface area contributed by atoms with E-state index < -0.39 is 16.1 Å². The number of rotatable bonds is 5. The lowest BCUT2D eigenvalue weighted by Gasteiger charge is -2.18. The first-order valence-corrected chi connectivity index (χ1v) is 8.36. The van der Waals surface area contributed by atoms with E-state index >= 15 is 0 Å². The van der Waals surface area contributed by atoms with Crippen molar-refractivity contribution in [1.82, 2.24) is 4.72 Å². The quantitative estimate of drug-likeness (QED) is 0.888. The van der Waals surface area contributed by atoms with E-state index in [9.17, 15) is 8.42 Å². The monoisotopic (exact) mass is 324 g/mol. The van der Waals surface area contributed by atoms with Crippen molar-refractivity contribution in [2.75, 3.05) is 0 Å². The lowest BCUT2D eigenvalue weighted by atomic mass is 10.0. The van der Waals surface area contributed by atoms with Crippen molar-refractivity contribution < 1.29 is 8.42 Å². The van der Waals surface area contributed by atoms with Crippen LogP contribution >= 0.6 is 11.6 Å². The molecule has 0 saturated carbocycles. The highest BCUT2D eigenvalue weighted by Crippen LogP contribution is 2.23. The summed E-state index contributed by atoms with van der Waals surface area (Å²) in [6.45, 7) is 2.08. The highest BCUT2D eigenvalue weighted by atomic mass is 35.5. The summed E-state index contributed by atoms with van der Waals surface area (Å²) in [5.74, 6) is 0. The van der Waals surface area contributed by atoms with Crippen LogP contribution in [0.2, 0.25) is 5.02 Å². The van der Waals surface area contributed by atoms with E-state index in [-0.39, 0.29) is 4.90 Å². The Hall–Kier alpha value is -1.40. The van der Waals surface area contributed by atoms with Crippen LogP contribution in [0.3, 0.4) is 0 Å². The zero-order valence-electron chi connectivity index (χ0n) is 11.6. The van der Waals surface area contributed by atoms with Crippen molar-refractivity contribution in [2.45, 2.75) is 24.4 Å². The Kier molecular flexibility index (Phi) is 5.00. The molecular formula is C15H17ClN2O2S. The number of nitrogens with two attached hydrogens (primary N) is 1. The number of nitrogens with one attached hydrogen (secondary N) is 1. The number of hydrogen-bond acceptors (Lipinski definition) is 3. The average molecular weight is 325 g/mol. The summed E-state index contributed by atoms with van der Waals surface area (Å²) < 4.78 is 27.3. The van der Waals surface area contributed by atoms with Gasteiger partial charge in [-0.05, 0) is 42.3 Å². The summed E-state index contributed by atoms with van der Waals surface area (Å²) >= 11 is 5.94. The predicted molar refractivity (Wildman–Crippen MR) is 84.5 cm³/mol. The number of hydrogen-bond donors (Lipinski definition) is 2. The fourth-order valence-corrected chi connectivity index (χ4v) is 3.58. The summed E-state index contributed by atoms with van der Waals surface area (Å²) in [6, 6.07) is 13.1. The van der Waals surface area contributed by atoms with E-state index in [1.807, 2.05) is 0 Å². The molecule has 2 rings (SSSR count). The molecule has 2 aromatic carbocycles. The first kappa shape index (κ1) is 16.0. The number of benzene rings is 2. The Morgan fingerprint density at radius 2 is 1.86 bits per heavy atom. The smallest absolute Gasteiger partial charge is 0.241 e. The maximum atomic E-state index is 12.3. The van der Waals surface area contributed by atoms with E-state index in [4.69, 9.17) is 17.3 Å². The molecule has 112 valence electrons. The van der Waals surface area contributed by atoms with E-state index in [0.29, 0.717) is 11.6 Å². The van der Waals surface area contributed by atoms with Crippen molar-refractivity contribution in [2.24, 2.45) is 5.73 Å². The SMILES string of the molecule is C[C@H](NS(=O)(=O)c1ccccc1)c1ccc(Cl)cc1CN. The maximum absolute atomic E-state index is 12.3. The Morgan fingerprint density at radius 1 is 1.19 bits per heavy atom. The molecule has 4 nitrogen and oxygen atoms in total. The Bertz CT molecular complexity index is 718. The van der Waals surface area contributed by atoms with Gasteiger partial charge in [0.2, 0.25) is 10.0 Å². The Labute approximate surface area is 130 Å². The van der Waals surface area contributed by atoms with Gasteiger partial charge in [0.15, 0.2) is 0 Å². The molecule has 3 N–H and O–H groups in total. The van der Waals surface area contributed by atoms with Gasteiger partial charge in [-0.1, -0.05) is 35.9 Å². The Morgan fingerprint density at radius 3 is 2.48 bits per heavy atom. The molecule has 0 radical (unpaired) electrons. The van der Waals surface area contributed by atoms with Crippen molar-refractivity contribution in [3.8, 4) is 0 Å². The fourth-order valence-electron chi connectivity index (χ4n) is 2.14. The lowest BCUT2D eigenvalue weighted by molar-refractivity contribution is 0.566. The van der Waals surface area contributed by atoms with Gasteiger partial charge in [-0.3, -0.25) is 0 Å². The molecule has 0 spiro atoms. The van der Waals surface area contributed by atoms with Gasteiger partial charge in [0.05, 0.1) is 4.90 Å². The van der Waals surface area contributed by atoms with E-state index in [0.717, 1.165) is 11.1 Å². The fraction of sp³-hybridized carbons (Fsp3) is 0.200. The zero-order chi connectivity index (χ0) is 15.5. The molecule has 0 amide bonds. The maximum Gasteiger partial charge on any atom is 0.241 e. The van der Waals surface area contributed by atoms with Gasteiger partial charge in [-0.25, -0.2) is 13.1 Å². The van der Waals surface area contributed by atoms with Gasteiger partial charge < -0.3 is 5.73 Å². The highest BCUT2D eigenvalue weighted by molar-refractivity contribution is 7.89. The van der Waals surface area contributed by atoms with Gasteiger partial charge in [0.25, 0.3) is 0 Å². The molecule has 1 atom stereocenters. The van der Waals surface area contributed by atoms with Crippen molar-refractivity contribution in [3.63, 3.8) is 0 Å². The van der Waals surface area contributed by atoms with Crippen molar-refractivity contribution in [1.29, 1.82) is 0 Å². The Balaban J connectivity index is 2.28. The molecule has 0 bridgehead atoms. The first-order chi connectivity index (χ1) is 9.94. The number of sulfonamides is 1. The normalized spacial score (nSPS) is 13.1. The summed E-state index contributed by atoms with van der Waals surface area (Å²) in [6.07, 6.45) is 0. The third-order valence-corrected chi connectivity index (χ3v) is 4.97. The minimum atomic E-state index is -3.57. The topological polar surface area (TPSA) is 72.2 Å². The van der Waals surface area contributed by atoms with E-state index in [1.54, 1.807) is 55.5 Å². The molecule has 0 aliphatic carbocycles. The van der Waals surface area contributed by atoms with Crippen LogP contribution in [0.25, 0.3) is 0 Å². The third-order valence-electron chi connectivity index (χ3n) is 3.18. The summed E-state index contributed by atoms with van der Waals surface area (Å²) in [4.78, 5) is 0.236. The van der Waals surface area contributed by atoms with Gasteiger partial charge in [0.1, 0.15) is 0 Å². The van der Waals surface area contributed by atoms with Crippen LogP contribution in [0.4, 0.5) is 0 Å². The van der Waals surface area contributed by atoms with Crippen LogP contribution in [0.15, 0.2) is 53.4 Å². The summed E-state index contributed by atoms with van der Waals surface area (Å²) in [5.41, 5.74) is 7.34. The van der Waals surface area contributed by atoms with Gasteiger partial charge in [-0.2, -0.15) is 0 Å². The molecule has 0 fully saturated rings. The second-order valence-corrected chi connectivity index (χ2v) is 6.85. The van der Waals surface area contributed by atoms with E-state index in [2.05, 4.69) is 4.72 Å². The number of halogens is 1. The molecular weight excluding hydrogens is 308 g/mol. The average Bonchev–Trinajstić information content (AvgIpc) is 2.47. The third kappa shape index (κ3) is 3.83. The molecule has 0 saturated heterocycles.